The van der Waals surface area contributed by atoms with Gasteiger partial charge in [-0.2, -0.15) is 0 Å². The van der Waals surface area contributed by atoms with Crippen molar-refractivity contribution in [2.45, 2.75) is 20.4 Å². The third kappa shape index (κ3) is 2.28. The number of thiazole rings is 1. The first-order valence-corrected chi connectivity index (χ1v) is 7.74. The van der Waals surface area contributed by atoms with Gasteiger partial charge in [0.15, 0.2) is 4.96 Å². The van der Waals surface area contributed by atoms with Crippen LogP contribution in [0.3, 0.4) is 0 Å². The van der Waals surface area contributed by atoms with Crippen molar-refractivity contribution in [2.24, 2.45) is 0 Å². The van der Waals surface area contributed by atoms with Gasteiger partial charge in [-0.15, -0.1) is 11.3 Å². The smallest absolute Gasteiger partial charge is 0.194 e. The number of hydrogen-bond acceptors (Lipinski definition) is 3. The molecule has 0 amide bonds. The summed E-state index contributed by atoms with van der Waals surface area (Å²) in [4.78, 5) is 5.67. The number of halogens is 1. The van der Waals surface area contributed by atoms with Gasteiger partial charge in [-0.25, -0.2) is 4.98 Å². The molecule has 0 spiro atoms. The van der Waals surface area contributed by atoms with Crippen molar-refractivity contribution >= 4 is 37.9 Å². The third-order valence-electron chi connectivity index (χ3n) is 3.15. The summed E-state index contributed by atoms with van der Waals surface area (Å²) in [7, 11) is 0. The number of nitrogens with one attached hydrogen (secondary N) is 1. The van der Waals surface area contributed by atoms with E-state index in [0.29, 0.717) is 0 Å². The lowest BCUT2D eigenvalue weighted by Gasteiger charge is -2.09. The Bertz CT molecular complexity index is 729. The first-order chi connectivity index (χ1) is 9.16. The van der Waals surface area contributed by atoms with E-state index in [2.05, 4.69) is 55.9 Å². The van der Waals surface area contributed by atoms with Gasteiger partial charge in [0.05, 0.1) is 17.9 Å². The molecule has 1 aromatic carbocycles. The molecule has 19 heavy (non-hydrogen) atoms. The molecule has 3 nitrogen and oxygen atoms in total. The predicted molar refractivity (Wildman–Crippen MR) is 84.0 cm³/mol. The minimum Gasteiger partial charge on any atom is -0.378 e. The van der Waals surface area contributed by atoms with Crippen LogP contribution in [-0.2, 0) is 6.54 Å². The molecule has 0 aliphatic rings. The molecule has 0 fully saturated rings. The molecular formula is C14H14BrN3S. The zero-order chi connectivity index (χ0) is 13.4. The second-order valence-corrected chi connectivity index (χ2v) is 6.16. The maximum absolute atomic E-state index is 4.60. The molecule has 0 radical (unpaired) electrons. The van der Waals surface area contributed by atoms with E-state index in [1.54, 1.807) is 11.3 Å². The molecule has 0 bridgehead atoms. The van der Waals surface area contributed by atoms with Gasteiger partial charge in [0, 0.05) is 21.2 Å². The third-order valence-corrected chi connectivity index (χ3v) is 4.79. The molecular weight excluding hydrogens is 322 g/mol. The van der Waals surface area contributed by atoms with Crippen LogP contribution in [0.15, 0.2) is 34.1 Å². The number of benzene rings is 1. The van der Waals surface area contributed by atoms with E-state index in [9.17, 15) is 0 Å². The van der Waals surface area contributed by atoms with Crippen molar-refractivity contribution in [3.05, 3.63) is 51.2 Å². The van der Waals surface area contributed by atoms with E-state index in [1.807, 2.05) is 18.2 Å². The second kappa shape index (κ2) is 4.98. The lowest BCUT2D eigenvalue weighted by atomic mass is 10.3. The number of rotatable bonds is 3. The van der Waals surface area contributed by atoms with E-state index in [4.69, 9.17) is 0 Å². The molecule has 0 unspecified atom stereocenters. The van der Waals surface area contributed by atoms with Crippen molar-refractivity contribution in [3.8, 4) is 0 Å². The average Bonchev–Trinajstić information content (AvgIpc) is 2.89. The molecule has 3 rings (SSSR count). The number of fused-ring (bicyclic) bond motifs is 1. The zero-order valence-corrected chi connectivity index (χ0v) is 13.2. The predicted octanol–water partition coefficient (Wildman–Crippen LogP) is 4.39. The van der Waals surface area contributed by atoms with Crippen molar-refractivity contribution < 1.29 is 0 Å². The van der Waals surface area contributed by atoms with Crippen LogP contribution in [0, 0.1) is 13.8 Å². The summed E-state index contributed by atoms with van der Waals surface area (Å²) in [6.07, 6.45) is 0. The maximum atomic E-state index is 4.60. The summed E-state index contributed by atoms with van der Waals surface area (Å²) in [5.74, 6) is 0. The topological polar surface area (TPSA) is 29.3 Å². The van der Waals surface area contributed by atoms with E-state index in [1.165, 1.54) is 11.4 Å². The molecule has 2 heterocycles. The zero-order valence-electron chi connectivity index (χ0n) is 10.8. The molecule has 0 aliphatic carbocycles. The first-order valence-electron chi connectivity index (χ1n) is 6.07. The summed E-state index contributed by atoms with van der Waals surface area (Å²) in [5.41, 5.74) is 4.66. The summed E-state index contributed by atoms with van der Waals surface area (Å²) in [6, 6.07) is 8.15. The Morgan fingerprint density at radius 3 is 2.89 bits per heavy atom. The molecule has 3 aromatic rings. The summed E-state index contributed by atoms with van der Waals surface area (Å²) in [5, 5.41) is 5.60. The summed E-state index contributed by atoms with van der Waals surface area (Å²) >= 11 is 5.24. The van der Waals surface area contributed by atoms with Gasteiger partial charge in [-0.05, 0) is 41.9 Å². The SMILES string of the molecule is Cc1nc2scc(C)n2c1CNc1ccccc1Br. The Balaban J connectivity index is 1.92. The van der Waals surface area contributed by atoms with E-state index in [0.717, 1.165) is 27.4 Å². The van der Waals surface area contributed by atoms with Gasteiger partial charge >= 0.3 is 0 Å². The number of aryl methyl sites for hydroxylation is 2. The number of nitrogens with zero attached hydrogens (tertiary/aromatic N) is 2. The number of anilines is 1. The summed E-state index contributed by atoms with van der Waals surface area (Å²) in [6.45, 7) is 4.95. The van der Waals surface area contributed by atoms with Gasteiger partial charge in [-0.3, -0.25) is 4.40 Å². The number of para-hydroxylation sites is 1. The monoisotopic (exact) mass is 335 g/mol. The van der Waals surface area contributed by atoms with Crippen molar-refractivity contribution in [2.75, 3.05) is 5.32 Å². The molecule has 0 atom stereocenters. The maximum Gasteiger partial charge on any atom is 0.194 e. The molecule has 0 aliphatic heterocycles. The van der Waals surface area contributed by atoms with Crippen LogP contribution in [0.4, 0.5) is 5.69 Å². The van der Waals surface area contributed by atoms with E-state index < -0.39 is 0 Å². The van der Waals surface area contributed by atoms with Crippen LogP contribution in [0.1, 0.15) is 17.1 Å². The highest BCUT2D eigenvalue weighted by Crippen LogP contribution is 2.24. The average molecular weight is 336 g/mol. The van der Waals surface area contributed by atoms with Gasteiger partial charge in [0.1, 0.15) is 0 Å². The van der Waals surface area contributed by atoms with Crippen LogP contribution < -0.4 is 5.32 Å². The number of aromatic nitrogens is 2. The highest BCUT2D eigenvalue weighted by atomic mass is 79.9. The molecule has 0 saturated heterocycles. The Labute approximate surface area is 124 Å². The normalized spacial score (nSPS) is 11.1. The minimum atomic E-state index is 0.771. The standard InChI is InChI=1S/C14H14BrN3S/c1-9-8-19-14-17-10(2)13(18(9)14)7-16-12-6-4-3-5-11(12)15/h3-6,8,16H,7H2,1-2H3. The van der Waals surface area contributed by atoms with Crippen LogP contribution in [-0.4, -0.2) is 9.38 Å². The highest BCUT2D eigenvalue weighted by Gasteiger charge is 2.12. The number of imidazole rings is 1. The van der Waals surface area contributed by atoms with Gasteiger partial charge < -0.3 is 5.32 Å². The Hall–Kier alpha value is -1.33. The highest BCUT2D eigenvalue weighted by molar-refractivity contribution is 9.10. The van der Waals surface area contributed by atoms with Crippen LogP contribution >= 0.6 is 27.3 Å². The molecule has 0 saturated carbocycles. The lowest BCUT2D eigenvalue weighted by molar-refractivity contribution is 0.965. The summed E-state index contributed by atoms with van der Waals surface area (Å²) < 4.78 is 3.31. The molecule has 5 heteroatoms. The van der Waals surface area contributed by atoms with Crippen molar-refractivity contribution in [1.82, 2.24) is 9.38 Å². The van der Waals surface area contributed by atoms with Crippen LogP contribution in [0.25, 0.3) is 4.96 Å². The molecule has 98 valence electrons. The fourth-order valence-corrected chi connectivity index (χ4v) is 3.51. The van der Waals surface area contributed by atoms with E-state index in [-0.39, 0.29) is 0 Å². The van der Waals surface area contributed by atoms with Crippen molar-refractivity contribution in [3.63, 3.8) is 0 Å². The fraction of sp³-hybridized carbons (Fsp3) is 0.214. The van der Waals surface area contributed by atoms with E-state index >= 15 is 0 Å². The lowest BCUT2D eigenvalue weighted by Crippen LogP contribution is -2.05. The van der Waals surface area contributed by atoms with Gasteiger partial charge in [0.25, 0.3) is 0 Å². The minimum absolute atomic E-state index is 0.771. The quantitative estimate of drug-likeness (QED) is 0.769. The number of hydrogen-bond donors (Lipinski definition) is 1. The van der Waals surface area contributed by atoms with Crippen LogP contribution in [0.2, 0.25) is 0 Å². The van der Waals surface area contributed by atoms with Crippen molar-refractivity contribution in [1.29, 1.82) is 0 Å². The Morgan fingerprint density at radius 1 is 1.32 bits per heavy atom. The fourth-order valence-electron chi connectivity index (χ4n) is 2.16. The largest absolute Gasteiger partial charge is 0.378 e. The Kier molecular flexibility index (Phi) is 3.33. The van der Waals surface area contributed by atoms with Gasteiger partial charge in [0.2, 0.25) is 0 Å². The Morgan fingerprint density at radius 2 is 2.11 bits per heavy atom. The van der Waals surface area contributed by atoms with Crippen LogP contribution in [0.5, 0.6) is 0 Å². The molecule has 1 N–H and O–H groups in total. The first kappa shape index (κ1) is 12.7. The van der Waals surface area contributed by atoms with Gasteiger partial charge in [-0.1, -0.05) is 12.1 Å². The second-order valence-electron chi connectivity index (χ2n) is 4.47. The molecule has 2 aromatic heterocycles.